The highest BCUT2D eigenvalue weighted by Crippen LogP contribution is 2.28. The van der Waals surface area contributed by atoms with Gasteiger partial charge >= 0.3 is 0 Å². The zero-order valence-electron chi connectivity index (χ0n) is 18.2. The lowest BCUT2D eigenvalue weighted by Gasteiger charge is -2.08. The normalized spacial score (nSPS) is 10.9. The number of carbonyl (C=O) groups is 1. The Morgan fingerprint density at radius 3 is 2.21 bits per heavy atom. The van der Waals surface area contributed by atoms with Gasteiger partial charge in [-0.3, -0.25) is 9.78 Å². The average molecular weight is 444 g/mol. The van der Waals surface area contributed by atoms with Crippen LogP contribution in [0.5, 0.6) is 0 Å². The highest BCUT2D eigenvalue weighted by Gasteiger charge is 2.13. The molecule has 0 bridgehead atoms. The van der Waals surface area contributed by atoms with E-state index < -0.39 is 0 Å². The Balaban J connectivity index is 1.40. The molecule has 0 saturated carbocycles. The molecule has 0 atom stereocenters. The molecule has 0 spiro atoms. The van der Waals surface area contributed by atoms with Crippen LogP contribution < -0.4 is 5.43 Å². The molecule has 0 aliphatic rings. The van der Waals surface area contributed by atoms with Crippen LogP contribution >= 0.6 is 0 Å². The fourth-order valence-corrected chi connectivity index (χ4v) is 3.57. The van der Waals surface area contributed by atoms with E-state index in [0.717, 1.165) is 33.8 Å². The van der Waals surface area contributed by atoms with E-state index in [2.05, 4.69) is 45.8 Å². The quantitative estimate of drug-likeness (QED) is 0.283. The van der Waals surface area contributed by atoms with E-state index >= 15 is 0 Å². The Morgan fingerprint density at radius 1 is 0.824 bits per heavy atom. The maximum absolute atomic E-state index is 12.1. The molecule has 34 heavy (non-hydrogen) atoms. The van der Waals surface area contributed by atoms with Crippen molar-refractivity contribution in [2.24, 2.45) is 5.10 Å². The molecule has 6 heteroatoms. The van der Waals surface area contributed by atoms with Gasteiger partial charge in [0.2, 0.25) is 0 Å². The van der Waals surface area contributed by atoms with Crippen molar-refractivity contribution in [1.82, 2.24) is 20.2 Å². The van der Waals surface area contributed by atoms with Crippen LogP contribution in [0.4, 0.5) is 0 Å². The van der Waals surface area contributed by atoms with Crippen LogP contribution in [0.1, 0.15) is 15.9 Å². The van der Waals surface area contributed by atoms with Crippen LogP contribution in [-0.4, -0.2) is 26.9 Å². The highest BCUT2D eigenvalue weighted by molar-refractivity contribution is 5.94. The van der Waals surface area contributed by atoms with E-state index in [4.69, 9.17) is 5.10 Å². The summed E-state index contributed by atoms with van der Waals surface area (Å²) >= 11 is 0. The van der Waals surface area contributed by atoms with Gasteiger partial charge in [0.15, 0.2) is 0 Å². The number of hydrazone groups is 1. The lowest BCUT2D eigenvalue weighted by Crippen LogP contribution is -2.17. The molecule has 0 unspecified atom stereocenters. The molecule has 3 aromatic carbocycles. The van der Waals surface area contributed by atoms with Gasteiger partial charge in [-0.25, -0.2) is 10.1 Å². The standard InChI is InChI=1S/C28H21N5O/c34-28(24-12-7-17-29-20-24)31-30-19-21-13-15-25(16-14-21)33-27(23-10-5-2-6-11-23)18-26(32-33)22-8-3-1-4-9-22/h1-20H,(H,31,34)/b30-19-. The minimum absolute atomic E-state index is 0.307. The topological polar surface area (TPSA) is 72.2 Å². The average Bonchev–Trinajstić information content (AvgIpc) is 3.36. The second kappa shape index (κ2) is 9.75. The predicted molar refractivity (Wildman–Crippen MR) is 134 cm³/mol. The van der Waals surface area contributed by atoms with Gasteiger partial charge in [-0.2, -0.15) is 10.2 Å². The molecular formula is C28H21N5O. The van der Waals surface area contributed by atoms with E-state index in [-0.39, 0.29) is 5.91 Å². The molecule has 5 aromatic rings. The molecule has 164 valence electrons. The number of amides is 1. The van der Waals surface area contributed by atoms with Crippen molar-refractivity contribution in [1.29, 1.82) is 0 Å². The van der Waals surface area contributed by atoms with Crippen molar-refractivity contribution in [2.75, 3.05) is 0 Å². The fourth-order valence-electron chi connectivity index (χ4n) is 3.57. The van der Waals surface area contributed by atoms with E-state index in [1.165, 1.54) is 6.20 Å². The van der Waals surface area contributed by atoms with Crippen molar-refractivity contribution < 1.29 is 4.79 Å². The first kappa shape index (κ1) is 21.0. The lowest BCUT2D eigenvalue weighted by atomic mass is 10.1. The first-order chi connectivity index (χ1) is 16.8. The molecule has 0 radical (unpaired) electrons. The number of nitrogens with one attached hydrogen (secondary N) is 1. The summed E-state index contributed by atoms with van der Waals surface area (Å²) in [5.41, 5.74) is 8.81. The van der Waals surface area contributed by atoms with E-state index in [0.29, 0.717) is 5.56 Å². The zero-order chi connectivity index (χ0) is 23.2. The van der Waals surface area contributed by atoms with Gasteiger partial charge in [0.05, 0.1) is 28.9 Å². The van der Waals surface area contributed by atoms with Gasteiger partial charge < -0.3 is 0 Å². The Hall–Kier alpha value is -4.84. The van der Waals surface area contributed by atoms with Gasteiger partial charge in [0.1, 0.15) is 0 Å². The molecule has 6 nitrogen and oxygen atoms in total. The Morgan fingerprint density at radius 2 is 1.53 bits per heavy atom. The molecule has 0 saturated heterocycles. The zero-order valence-corrected chi connectivity index (χ0v) is 18.2. The second-order valence-corrected chi connectivity index (χ2v) is 7.59. The van der Waals surface area contributed by atoms with Crippen LogP contribution in [0.3, 0.4) is 0 Å². The Labute approximate surface area is 197 Å². The van der Waals surface area contributed by atoms with Crippen molar-refractivity contribution in [3.05, 3.63) is 127 Å². The number of carbonyl (C=O) groups excluding carboxylic acids is 1. The van der Waals surface area contributed by atoms with Crippen molar-refractivity contribution in [3.63, 3.8) is 0 Å². The summed E-state index contributed by atoms with van der Waals surface area (Å²) in [4.78, 5) is 16.0. The summed E-state index contributed by atoms with van der Waals surface area (Å²) in [5.74, 6) is -0.307. The summed E-state index contributed by atoms with van der Waals surface area (Å²) < 4.78 is 1.95. The number of nitrogens with zero attached hydrogens (tertiary/aromatic N) is 4. The van der Waals surface area contributed by atoms with E-state index in [9.17, 15) is 4.79 Å². The largest absolute Gasteiger partial charge is 0.272 e. The van der Waals surface area contributed by atoms with E-state index in [1.54, 1.807) is 24.5 Å². The molecule has 1 amide bonds. The smallest absolute Gasteiger partial charge is 0.267 e. The fraction of sp³-hybridized carbons (Fsp3) is 0. The van der Waals surface area contributed by atoms with Gasteiger partial charge in [-0.05, 0) is 35.9 Å². The molecule has 0 aliphatic heterocycles. The third kappa shape index (κ3) is 4.66. The minimum atomic E-state index is -0.307. The summed E-state index contributed by atoms with van der Waals surface area (Å²) in [7, 11) is 0. The van der Waals surface area contributed by atoms with Crippen LogP contribution in [0, 0.1) is 0 Å². The van der Waals surface area contributed by atoms with Gasteiger partial charge in [-0.15, -0.1) is 0 Å². The van der Waals surface area contributed by atoms with Gasteiger partial charge in [0.25, 0.3) is 5.91 Å². The molecule has 2 heterocycles. The molecule has 0 aliphatic carbocycles. The summed E-state index contributed by atoms with van der Waals surface area (Å²) in [6.07, 6.45) is 4.72. The van der Waals surface area contributed by atoms with Crippen molar-refractivity contribution in [2.45, 2.75) is 0 Å². The number of rotatable bonds is 6. The summed E-state index contributed by atoms with van der Waals surface area (Å²) in [6.45, 7) is 0. The minimum Gasteiger partial charge on any atom is -0.267 e. The van der Waals surface area contributed by atoms with Gasteiger partial charge in [-0.1, -0.05) is 72.8 Å². The third-order valence-corrected chi connectivity index (χ3v) is 5.29. The van der Waals surface area contributed by atoms with Crippen LogP contribution in [-0.2, 0) is 0 Å². The van der Waals surface area contributed by atoms with Crippen LogP contribution in [0.25, 0.3) is 28.2 Å². The van der Waals surface area contributed by atoms with Crippen LogP contribution in [0.2, 0.25) is 0 Å². The van der Waals surface area contributed by atoms with Crippen LogP contribution in [0.15, 0.2) is 121 Å². The Bertz CT molecular complexity index is 1410. The first-order valence-corrected chi connectivity index (χ1v) is 10.8. The SMILES string of the molecule is O=C(N/N=C\c1ccc(-n2nc(-c3ccccc3)cc2-c2ccccc2)cc1)c1cccnc1. The number of hydrogen-bond acceptors (Lipinski definition) is 4. The summed E-state index contributed by atoms with van der Waals surface area (Å²) in [6, 6.07) is 33.7. The second-order valence-electron chi connectivity index (χ2n) is 7.59. The number of hydrogen-bond donors (Lipinski definition) is 1. The molecule has 1 N–H and O–H groups in total. The predicted octanol–water partition coefficient (Wildman–Crippen LogP) is 5.37. The molecular weight excluding hydrogens is 422 g/mol. The lowest BCUT2D eigenvalue weighted by molar-refractivity contribution is 0.0955. The van der Waals surface area contributed by atoms with Gasteiger partial charge in [0, 0.05) is 23.5 Å². The van der Waals surface area contributed by atoms with E-state index in [1.807, 2.05) is 65.3 Å². The number of aromatic nitrogens is 3. The Kier molecular flexibility index (Phi) is 6.03. The number of pyridine rings is 1. The third-order valence-electron chi connectivity index (χ3n) is 5.29. The highest BCUT2D eigenvalue weighted by atomic mass is 16.2. The number of benzene rings is 3. The van der Waals surface area contributed by atoms with Crippen molar-refractivity contribution in [3.8, 4) is 28.2 Å². The maximum Gasteiger partial charge on any atom is 0.272 e. The summed E-state index contributed by atoms with van der Waals surface area (Å²) in [5, 5.41) is 8.95. The van der Waals surface area contributed by atoms with Crippen molar-refractivity contribution >= 4 is 12.1 Å². The monoisotopic (exact) mass is 443 g/mol. The molecule has 2 aromatic heterocycles. The molecule has 0 fully saturated rings. The first-order valence-electron chi connectivity index (χ1n) is 10.8. The maximum atomic E-state index is 12.1. The molecule has 5 rings (SSSR count).